The minimum Gasteiger partial charge on any atom is -0.317 e. The van der Waals surface area contributed by atoms with Gasteiger partial charge in [0.2, 0.25) is 0 Å². The van der Waals surface area contributed by atoms with Gasteiger partial charge < -0.3 is 5.32 Å². The van der Waals surface area contributed by atoms with Crippen molar-refractivity contribution in [3.8, 4) is 0 Å². The summed E-state index contributed by atoms with van der Waals surface area (Å²) in [6.45, 7) is 0. The normalized spacial score (nSPS) is 12.6. The number of benzene rings is 1. The van der Waals surface area contributed by atoms with Crippen LogP contribution in [-0.2, 0) is 19.9 Å². The molecule has 0 spiro atoms. The highest BCUT2D eigenvalue weighted by molar-refractivity contribution is 6.42. The van der Waals surface area contributed by atoms with Crippen LogP contribution in [0.2, 0.25) is 10.0 Å². The molecule has 0 bridgehead atoms. The first-order valence-electron chi connectivity index (χ1n) is 6.68. The van der Waals surface area contributed by atoms with E-state index in [0.717, 1.165) is 19.3 Å². The Hall–Kier alpha value is -1.03. The first kappa shape index (κ1) is 15.4. The molecule has 0 aliphatic carbocycles. The molecular weight excluding hydrogens is 293 g/mol. The van der Waals surface area contributed by atoms with E-state index < -0.39 is 0 Å². The zero-order chi connectivity index (χ0) is 14.5. The minimum absolute atomic E-state index is 0.405. The van der Waals surface area contributed by atoms with Crippen LogP contribution in [0.5, 0.6) is 0 Å². The first-order chi connectivity index (χ1) is 9.60. The van der Waals surface area contributed by atoms with Crippen molar-refractivity contribution in [2.75, 3.05) is 7.05 Å². The van der Waals surface area contributed by atoms with Gasteiger partial charge in [0.25, 0.3) is 0 Å². The van der Waals surface area contributed by atoms with Gasteiger partial charge in [-0.3, -0.25) is 4.68 Å². The summed E-state index contributed by atoms with van der Waals surface area (Å²) in [5.41, 5.74) is 2.45. The molecule has 0 radical (unpaired) electrons. The highest BCUT2D eigenvalue weighted by Gasteiger charge is 2.10. The Bertz CT molecular complexity index is 566. The number of hydrogen-bond acceptors (Lipinski definition) is 2. The summed E-state index contributed by atoms with van der Waals surface area (Å²) in [4.78, 5) is 0. The summed E-state index contributed by atoms with van der Waals surface area (Å²) >= 11 is 12.0. The van der Waals surface area contributed by atoms with Crippen molar-refractivity contribution < 1.29 is 0 Å². The Kier molecular flexibility index (Phi) is 5.46. The van der Waals surface area contributed by atoms with Crippen molar-refractivity contribution in [2.45, 2.75) is 25.3 Å². The van der Waals surface area contributed by atoms with Crippen molar-refractivity contribution >= 4 is 23.2 Å². The second-order valence-corrected chi connectivity index (χ2v) is 5.74. The quantitative estimate of drug-likeness (QED) is 0.885. The molecule has 0 fully saturated rings. The lowest BCUT2D eigenvalue weighted by Gasteiger charge is -2.16. The summed E-state index contributed by atoms with van der Waals surface area (Å²) < 4.78 is 1.92. The molecule has 0 amide bonds. The average molecular weight is 312 g/mol. The van der Waals surface area contributed by atoms with E-state index in [-0.39, 0.29) is 0 Å². The molecule has 1 heterocycles. The van der Waals surface area contributed by atoms with E-state index in [1.807, 2.05) is 43.2 Å². The van der Waals surface area contributed by atoms with Gasteiger partial charge in [-0.15, -0.1) is 0 Å². The molecule has 5 heteroatoms. The summed E-state index contributed by atoms with van der Waals surface area (Å²) in [7, 11) is 3.97. The summed E-state index contributed by atoms with van der Waals surface area (Å²) in [5.74, 6) is 0. The predicted octanol–water partition coefficient (Wildman–Crippen LogP) is 3.49. The first-order valence-corrected chi connectivity index (χ1v) is 7.44. The molecule has 3 nitrogen and oxygen atoms in total. The van der Waals surface area contributed by atoms with E-state index in [0.29, 0.717) is 16.1 Å². The molecule has 1 N–H and O–H groups in total. The standard InChI is InChI=1S/C15H19Cl2N3/c1-18-12(4-5-13-7-8-19-20(13)2)9-11-3-6-14(16)15(17)10-11/h3,6-8,10,12,18H,4-5,9H2,1-2H3. The van der Waals surface area contributed by atoms with Gasteiger partial charge in [-0.1, -0.05) is 29.3 Å². The van der Waals surface area contributed by atoms with E-state index in [4.69, 9.17) is 23.2 Å². The second kappa shape index (κ2) is 7.11. The largest absolute Gasteiger partial charge is 0.317 e. The maximum atomic E-state index is 6.06. The lowest BCUT2D eigenvalue weighted by Crippen LogP contribution is -2.28. The number of hydrogen-bond donors (Lipinski definition) is 1. The molecule has 2 rings (SSSR count). The molecule has 20 heavy (non-hydrogen) atoms. The van der Waals surface area contributed by atoms with Crippen molar-refractivity contribution in [2.24, 2.45) is 7.05 Å². The fourth-order valence-corrected chi connectivity index (χ4v) is 2.59. The fraction of sp³-hybridized carbons (Fsp3) is 0.400. The number of halogens is 2. The Morgan fingerprint density at radius 1 is 1.25 bits per heavy atom. The number of aromatic nitrogens is 2. The van der Waals surface area contributed by atoms with Gasteiger partial charge in [0.1, 0.15) is 0 Å². The Labute approximate surface area is 129 Å². The van der Waals surface area contributed by atoms with Crippen LogP contribution in [-0.4, -0.2) is 22.9 Å². The van der Waals surface area contributed by atoms with Crippen LogP contribution in [0.25, 0.3) is 0 Å². The van der Waals surface area contributed by atoms with Crippen LogP contribution < -0.4 is 5.32 Å². The maximum absolute atomic E-state index is 6.06. The fourth-order valence-electron chi connectivity index (χ4n) is 2.27. The average Bonchev–Trinajstić information content (AvgIpc) is 2.84. The molecule has 1 aromatic heterocycles. The number of aryl methyl sites for hydroxylation is 2. The maximum Gasteiger partial charge on any atom is 0.0595 e. The molecule has 0 aliphatic heterocycles. The summed E-state index contributed by atoms with van der Waals surface area (Å²) in [6.07, 6.45) is 4.83. The second-order valence-electron chi connectivity index (χ2n) is 4.92. The Balaban J connectivity index is 1.95. The van der Waals surface area contributed by atoms with Gasteiger partial charge in [-0.05, 0) is 50.1 Å². The van der Waals surface area contributed by atoms with Gasteiger partial charge >= 0.3 is 0 Å². The molecule has 0 saturated heterocycles. The van der Waals surface area contributed by atoms with E-state index in [2.05, 4.69) is 16.5 Å². The van der Waals surface area contributed by atoms with Crippen molar-refractivity contribution in [3.05, 3.63) is 51.8 Å². The van der Waals surface area contributed by atoms with Crippen LogP contribution in [0.1, 0.15) is 17.7 Å². The van der Waals surface area contributed by atoms with Crippen molar-refractivity contribution in [3.63, 3.8) is 0 Å². The van der Waals surface area contributed by atoms with E-state index >= 15 is 0 Å². The third-order valence-electron chi connectivity index (χ3n) is 3.55. The molecule has 0 saturated carbocycles. The van der Waals surface area contributed by atoms with Gasteiger partial charge in [0, 0.05) is 25.0 Å². The monoisotopic (exact) mass is 311 g/mol. The molecular formula is C15H19Cl2N3. The Morgan fingerprint density at radius 2 is 2.05 bits per heavy atom. The topological polar surface area (TPSA) is 29.9 Å². The van der Waals surface area contributed by atoms with E-state index in [1.165, 1.54) is 11.3 Å². The van der Waals surface area contributed by atoms with Crippen molar-refractivity contribution in [1.29, 1.82) is 0 Å². The molecule has 1 unspecified atom stereocenters. The molecule has 2 aromatic rings. The van der Waals surface area contributed by atoms with Crippen LogP contribution in [0.15, 0.2) is 30.5 Å². The van der Waals surface area contributed by atoms with Gasteiger partial charge in [-0.2, -0.15) is 5.10 Å². The Morgan fingerprint density at radius 3 is 2.65 bits per heavy atom. The van der Waals surface area contributed by atoms with Gasteiger partial charge in [-0.25, -0.2) is 0 Å². The lowest BCUT2D eigenvalue weighted by atomic mass is 10.0. The van der Waals surface area contributed by atoms with Gasteiger partial charge in [0.15, 0.2) is 0 Å². The van der Waals surface area contributed by atoms with Crippen LogP contribution in [0.3, 0.4) is 0 Å². The zero-order valence-electron chi connectivity index (χ0n) is 11.7. The number of likely N-dealkylation sites (N-methyl/N-ethyl adjacent to an activating group) is 1. The molecule has 0 aliphatic rings. The summed E-state index contributed by atoms with van der Waals surface area (Å²) in [5, 5.41) is 8.77. The number of nitrogens with one attached hydrogen (secondary N) is 1. The third-order valence-corrected chi connectivity index (χ3v) is 4.28. The summed E-state index contributed by atoms with van der Waals surface area (Å²) in [6, 6.07) is 8.29. The molecule has 1 aromatic carbocycles. The zero-order valence-corrected chi connectivity index (χ0v) is 13.2. The van der Waals surface area contributed by atoms with E-state index in [9.17, 15) is 0 Å². The lowest BCUT2D eigenvalue weighted by molar-refractivity contribution is 0.510. The number of rotatable bonds is 6. The van der Waals surface area contributed by atoms with Crippen molar-refractivity contribution in [1.82, 2.24) is 15.1 Å². The molecule has 1 atom stereocenters. The minimum atomic E-state index is 0.405. The third kappa shape index (κ3) is 3.98. The SMILES string of the molecule is CNC(CCc1ccnn1C)Cc1ccc(Cl)c(Cl)c1. The molecule has 108 valence electrons. The van der Waals surface area contributed by atoms with E-state index in [1.54, 1.807) is 0 Å². The van der Waals surface area contributed by atoms with Gasteiger partial charge in [0.05, 0.1) is 10.0 Å². The predicted molar refractivity (Wildman–Crippen MR) is 84.5 cm³/mol. The smallest absolute Gasteiger partial charge is 0.0595 e. The van der Waals surface area contributed by atoms with Crippen LogP contribution in [0, 0.1) is 0 Å². The number of nitrogens with zero attached hydrogens (tertiary/aromatic N) is 2. The highest BCUT2D eigenvalue weighted by atomic mass is 35.5. The van der Waals surface area contributed by atoms with Crippen LogP contribution in [0.4, 0.5) is 0 Å². The van der Waals surface area contributed by atoms with Crippen LogP contribution >= 0.6 is 23.2 Å². The highest BCUT2D eigenvalue weighted by Crippen LogP contribution is 2.23.